The van der Waals surface area contributed by atoms with E-state index < -0.39 is 18.7 Å². The van der Waals surface area contributed by atoms with Crippen LogP contribution in [0.4, 0.5) is 13.2 Å². The van der Waals surface area contributed by atoms with E-state index in [9.17, 15) is 13.2 Å². The van der Waals surface area contributed by atoms with Crippen LogP contribution in [-0.2, 0) is 0 Å². The second-order valence-electron chi connectivity index (χ2n) is 3.75. The van der Waals surface area contributed by atoms with Crippen molar-refractivity contribution in [1.29, 1.82) is 0 Å². The van der Waals surface area contributed by atoms with Crippen molar-refractivity contribution in [3.63, 3.8) is 0 Å². The highest BCUT2D eigenvalue weighted by molar-refractivity contribution is 4.85. The average molecular weight is 197 g/mol. The van der Waals surface area contributed by atoms with Crippen LogP contribution in [0, 0.1) is 11.8 Å². The fourth-order valence-electron chi connectivity index (χ4n) is 1.69. The summed E-state index contributed by atoms with van der Waals surface area (Å²) in [4.78, 5) is 0. The number of hydrogen-bond donors (Lipinski definition) is 2. The molecule has 2 nitrogen and oxygen atoms in total. The van der Waals surface area contributed by atoms with Gasteiger partial charge in [0, 0.05) is 6.04 Å². The van der Waals surface area contributed by atoms with E-state index in [1.165, 1.54) is 0 Å². The van der Waals surface area contributed by atoms with E-state index in [1.807, 2.05) is 0 Å². The highest BCUT2D eigenvalue weighted by atomic mass is 19.4. The molecule has 78 valence electrons. The summed E-state index contributed by atoms with van der Waals surface area (Å²) in [6.07, 6.45) is -2.93. The monoisotopic (exact) mass is 197 g/mol. The largest absolute Gasteiger partial charge is 0.396 e. The molecule has 0 saturated heterocycles. The molecule has 0 radical (unpaired) electrons. The van der Waals surface area contributed by atoms with Crippen molar-refractivity contribution in [2.45, 2.75) is 31.5 Å². The molecule has 1 rings (SSSR count). The summed E-state index contributed by atoms with van der Waals surface area (Å²) in [7, 11) is 0. The second kappa shape index (κ2) is 3.84. The molecule has 0 aromatic rings. The number of halogens is 3. The second-order valence-corrected chi connectivity index (χ2v) is 3.75. The molecule has 0 unspecified atom stereocenters. The molecule has 0 amide bonds. The van der Waals surface area contributed by atoms with Gasteiger partial charge in [-0.2, -0.15) is 13.2 Å². The summed E-state index contributed by atoms with van der Waals surface area (Å²) >= 11 is 0. The van der Waals surface area contributed by atoms with Crippen LogP contribution in [0.25, 0.3) is 0 Å². The lowest BCUT2D eigenvalue weighted by Gasteiger charge is -2.35. The van der Waals surface area contributed by atoms with Crippen molar-refractivity contribution in [3.8, 4) is 0 Å². The van der Waals surface area contributed by atoms with Gasteiger partial charge in [0.2, 0.25) is 0 Å². The van der Waals surface area contributed by atoms with Gasteiger partial charge in [-0.1, -0.05) is 0 Å². The Morgan fingerprint density at radius 1 is 1.38 bits per heavy atom. The SMILES string of the molecule is NC1CC(C[C@H](CO)C(F)(F)F)C1. The van der Waals surface area contributed by atoms with E-state index in [-0.39, 0.29) is 18.4 Å². The predicted molar refractivity (Wildman–Crippen MR) is 41.9 cm³/mol. The first-order valence-corrected chi connectivity index (χ1v) is 4.36. The third-order valence-corrected chi connectivity index (χ3v) is 2.57. The highest BCUT2D eigenvalue weighted by Gasteiger charge is 2.42. The molecular weight excluding hydrogens is 183 g/mol. The van der Waals surface area contributed by atoms with Gasteiger partial charge >= 0.3 is 6.18 Å². The summed E-state index contributed by atoms with van der Waals surface area (Å²) in [5.41, 5.74) is 5.45. The highest BCUT2D eigenvalue weighted by Crippen LogP contribution is 2.37. The summed E-state index contributed by atoms with van der Waals surface area (Å²) in [6, 6.07) is 0.0672. The van der Waals surface area contributed by atoms with Gasteiger partial charge in [0.05, 0.1) is 12.5 Å². The van der Waals surface area contributed by atoms with Gasteiger partial charge in [0.15, 0.2) is 0 Å². The predicted octanol–water partition coefficient (Wildman–Crippen LogP) is 1.28. The van der Waals surface area contributed by atoms with Gasteiger partial charge in [-0.25, -0.2) is 0 Å². The normalized spacial score (nSPS) is 31.2. The maximum atomic E-state index is 12.1. The van der Waals surface area contributed by atoms with Crippen molar-refractivity contribution in [3.05, 3.63) is 0 Å². The number of nitrogens with two attached hydrogens (primary N) is 1. The average Bonchev–Trinajstić information content (AvgIpc) is 1.93. The summed E-state index contributed by atoms with van der Waals surface area (Å²) in [6.45, 7) is -0.810. The molecule has 1 aliphatic carbocycles. The van der Waals surface area contributed by atoms with Crippen molar-refractivity contribution < 1.29 is 18.3 Å². The smallest absolute Gasteiger partial charge is 0.394 e. The minimum atomic E-state index is -4.27. The lowest BCUT2D eigenvalue weighted by molar-refractivity contribution is -0.190. The molecule has 1 aliphatic rings. The zero-order valence-electron chi connectivity index (χ0n) is 7.22. The molecule has 0 aromatic carbocycles. The zero-order valence-corrected chi connectivity index (χ0v) is 7.22. The molecule has 1 atom stereocenters. The molecule has 1 saturated carbocycles. The molecule has 0 bridgehead atoms. The maximum Gasteiger partial charge on any atom is 0.394 e. The van der Waals surface area contributed by atoms with E-state index in [0.717, 1.165) is 0 Å². The Bertz CT molecular complexity index is 165. The molecule has 0 aliphatic heterocycles. The first kappa shape index (κ1) is 10.8. The van der Waals surface area contributed by atoms with Crippen LogP contribution in [-0.4, -0.2) is 23.9 Å². The van der Waals surface area contributed by atoms with Crippen LogP contribution in [0.3, 0.4) is 0 Å². The number of rotatable bonds is 3. The van der Waals surface area contributed by atoms with E-state index in [4.69, 9.17) is 10.8 Å². The number of hydrogen-bond acceptors (Lipinski definition) is 2. The van der Waals surface area contributed by atoms with E-state index in [2.05, 4.69) is 0 Å². The van der Waals surface area contributed by atoms with Crippen LogP contribution >= 0.6 is 0 Å². The van der Waals surface area contributed by atoms with Gasteiger partial charge in [-0.05, 0) is 25.2 Å². The minimum absolute atomic E-state index is 0.0215. The van der Waals surface area contributed by atoms with Crippen LogP contribution < -0.4 is 5.73 Å². The molecule has 1 fully saturated rings. The summed E-state index contributed by atoms with van der Waals surface area (Å²) in [5.74, 6) is -1.52. The Morgan fingerprint density at radius 2 is 1.92 bits per heavy atom. The quantitative estimate of drug-likeness (QED) is 0.716. The molecule has 5 heteroatoms. The number of alkyl halides is 3. The molecule has 13 heavy (non-hydrogen) atoms. The van der Waals surface area contributed by atoms with E-state index in [0.29, 0.717) is 12.8 Å². The topological polar surface area (TPSA) is 46.2 Å². The van der Waals surface area contributed by atoms with Gasteiger partial charge in [0.1, 0.15) is 0 Å². The fraction of sp³-hybridized carbons (Fsp3) is 1.00. The molecule has 3 N–H and O–H groups in total. The van der Waals surface area contributed by atoms with Gasteiger partial charge in [-0.3, -0.25) is 0 Å². The number of aliphatic hydroxyl groups excluding tert-OH is 1. The van der Waals surface area contributed by atoms with Gasteiger partial charge in [-0.15, -0.1) is 0 Å². The molecule has 0 aromatic heterocycles. The maximum absolute atomic E-state index is 12.1. The first-order chi connectivity index (χ1) is 5.93. The Morgan fingerprint density at radius 3 is 2.23 bits per heavy atom. The van der Waals surface area contributed by atoms with Crippen molar-refractivity contribution in [2.24, 2.45) is 17.6 Å². The molecular formula is C8H14F3NO. The standard InChI is InChI=1S/C8H14F3NO/c9-8(10,11)6(4-13)1-5-2-7(12)3-5/h5-7,13H,1-4,12H2/t5?,6-,7?/m1/s1. The van der Waals surface area contributed by atoms with Crippen LogP contribution in [0.5, 0.6) is 0 Å². The van der Waals surface area contributed by atoms with Crippen molar-refractivity contribution >= 4 is 0 Å². The lowest BCUT2D eigenvalue weighted by Crippen LogP contribution is -2.39. The van der Waals surface area contributed by atoms with Gasteiger partial charge in [0.25, 0.3) is 0 Å². The Kier molecular flexibility index (Phi) is 3.18. The summed E-state index contributed by atoms with van der Waals surface area (Å²) in [5, 5.41) is 8.54. The molecule has 0 heterocycles. The third kappa shape index (κ3) is 2.84. The number of aliphatic hydroxyl groups is 1. The van der Waals surface area contributed by atoms with E-state index >= 15 is 0 Å². The molecule has 0 spiro atoms. The Balaban J connectivity index is 2.33. The van der Waals surface area contributed by atoms with Crippen LogP contribution in [0.15, 0.2) is 0 Å². The van der Waals surface area contributed by atoms with E-state index in [1.54, 1.807) is 0 Å². The first-order valence-electron chi connectivity index (χ1n) is 4.36. The summed E-state index contributed by atoms with van der Waals surface area (Å²) < 4.78 is 36.4. The fourth-order valence-corrected chi connectivity index (χ4v) is 1.69. The Hall–Kier alpha value is -0.290. The lowest BCUT2D eigenvalue weighted by atomic mass is 9.75. The zero-order chi connectivity index (χ0) is 10.1. The van der Waals surface area contributed by atoms with Crippen LogP contribution in [0.2, 0.25) is 0 Å². The van der Waals surface area contributed by atoms with Crippen molar-refractivity contribution in [2.75, 3.05) is 6.61 Å². The van der Waals surface area contributed by atoms with Crippen LogP contribution in [0.1, 0.15) is 19.3 Å². The van der Waals surface area contributed by atoms with Crippen molar-refractivity contribution in [1.82, 2.24) is 0 Å². The van der Waals surface area contributed by atoms with Gasteiger partial charge < -0.3 is 10.8 Å². The minimum Gasteiger partial charge on any atom is -0.396 e. The third-order valence-electron chi connectivity index (χ3n) is 2.57. The Labute approximate surface area is 74.9 Å².